The van der Waals surface area contributed by atoms with Gasteiger partial charge in [-0.3, -0.25) is 4.79 Å². The zero-order valence-corrected chi connectivity index (χ0v) is 14.3. The third-order valence-corrected chi connectivity index (χ3v) is 3.94. The van der Waals surface area contributed by atoms with Crippen LogP contribution in [0.25, 0.3) is 0 Å². The Labute approximate surface area is 134 Å². The molecule has 0 radical (unpaired) electrons. The second-order valence-electron chi connectivity index (χ2n) is 5.59. The smallest absolute Gasteiger partial charge is 0.224 e. The summed E-state index contributed by atoms with van der Waals surface area (Å²) in [6, 6.07) is 5.58. The van der Waals surface area contributed by atoms with Crippen molar-refractivity contribution in [1.82, 2.24) is 5.32 Å². The summed E-state index contributed by atoms with van der Waals surface area (Å²) in [5, 5.41) is 3.05. The highest BCUT2D eigenvalue weighted by atomic mass is 16.5. The third kappa shape index (κ3) is 5.96. The maximum Gasteiger partial charge on any atom is 0.224 e. The van der Waals surface area contributed by atoms with Gasteiger partial charge in [0.05, 0.1) is 20.6 Å². The Hall–Kier alpha value is -1.71. The van der Waals surface area contributed by atoms with Gasteiger partial charge in [-0.15, -0.1) is 0 Å². The standard InChI is InChI=1S/C18H29NO3/c1-5-7-8-14(6-2)13-19-18(20)12-15-9-10-16(21-3)17(11-15)22-4/h9-11,14H,5-8,12-13H2,1-4H3,(H,19,20)/t14-/m1/s1. The summed E-state index contributed by atoms with van der Waals surface area (Å²) in [5.74, 6) is 1.97. The number of rotatable bonds is 10. The van der Waals surface area contributed by atoms with Crippen molar-refractivity contribution >= 4 is 5.91 Å². The molecule has 0 aliphatic heterocycles. The number of nitrogens with one attached hydrogen (secondary N) is 1. The van der Waals surface area contributed by atoms with Gasteiger partial charge in [0.2, 0.25) is 5.91 Å². The number of amides is 1. The number of methoxy groups -OCH3 is 2. The second kappa shape index (κ2) is 10.1. The van der Waals surface area contributed by atoms with Gasteiger partial charge in [0.25, 0.3) is 0 Å². The largest absolute Gasteiger partial charge is 0.493 e. The topological polar surface area (TPSA) is 47.6 Å². The summed E-state index contributed by atoms with van der Waals surface area (Å²) in [7, 11) is 3.20. The lowest BCUT2D eigenvalue weighted by Crippen LogP contribution is -2.30. The number of carbonyl (C=O) groups is 1. The van der Waals surface area contributed by atoms with Gasteiger partial charge >= 0.3 is 0 Å². The Bertz CT molecular complexity index is 460. The zero-order chi connectivity index (χ0) is 16.4. The third-order valence-electron chi connectivity index (χ3n) is 3.94. The molecule has 124 valence electrons. The van der Waals surface area contributed by atoms with Gasteiger partial charge in [0.15, 0.2) is 11.5 Å². The fraction of sp³-hybridized carbons (Fsp3) is 0.611. The highest BCUT2D eigenvalue weighted by Crippen LogP contribution is 2.27. The Balaban J connectivity index is 2.50. The van der Waals surface area contributed by atoms with Crippen LogP contribution in [0.3, 0.4) is 0 Å². The van der Waals surface area contributed by atoms with Crippen LogP contribution in [0.4, 0.5) is 0 Å². The number of unbranched alkanes of at least 4 members (excludes halogenated alkanes) is 1. The predicted octanol–water partition coefficient (Wildman–Crippen LogP) is 3.58. The molecule has 0 bridgehead atoms. The van der Waals surface area contributed by atoms with E-state index in [-0.39, 0.29) is 5.91 Å². The van der Waals surface area contributed by atoms with E-state index in [1.165, 1.54) is 19.3 Å². The predicted molar refractivity (Wildman–Crippen MR) is 89.6 cm³/mol. The molecule has 1 amide bonds. The average Bonchev–Trinajstić information content (AvgIpc) is 2.54. The average molecular weight is 307 g/mol. The molecule has 4 nitrogen and oxygen atoms in total. The highest BCUT2D eigenvalue weighted by molar-refractivity contribution is 5.78. The van der Waals surface area contributed by atoms with Crippen molar-refractivity contribution in [3.8, 4) is 11.5 Å². The second-order valence-corrected chi connectivity index (χ2v) is 5.59. The molecule has 1 aromatic rings. The van der Waals surface area contributed by atoms with Crippen LogP contribution in [0, 0.1) is 5.92 Å². The van der Waals surface area contributed by atoms with Crippen LogP contribution in [0.5, 0.6) is 11.5 Å². The van der Waals surface area contributed by atoms with Gasteiger partial charge in [-0.2, -0.15) is 0 Å². The molecular formula is C18H29NO3. The highest BCUT2D eigenvalue weighted by Gasteiger charge is 2.10. The molecule has 1 N–H and O–H groups in total. The molecule has 1 rings (SSSR count). The van der Waals surface area contributed by atoms with E-state index >= 15 is 0 Å². The summed E-state index contributed by atoms with van der Waals surface area (Å²) >= 11 is 0. The fourth-order valence-electron chi connectivity index (χ4n) is 2.44. The van der Waals surface area contributed by atoms with Crippen molar-refractivity contribution in [3.63, 3.8) is 0 Å². The Morgan fingerprint density at radius 3 is 2.50 bits per heavy atom. The molecule has 0 unspecified atom stereocenters. The summed E-state index contributed by atoms with van der Waals surface area (Å²) in [6.07, 6.45) is 5.09. The molecule has 0 fully saturated rings. The summed E-state index contributed by atoms with van der Waals surface area (Å²) in [4.78, 5) is 12.1. The van der Waals surface area contributed by atoms with E-state index in [1.54, 1.807) is 14.2 Å². The van der Waals surface area contributed by atoms with Crippen molar-refractivity contribution in [2.75, 3.05) is 20.8 Å². The van der Waals surface area contributed by atoms with Crippen LogP contribution >= 0.6 is 0 Å². The van der Waals surface area contributed by atoms with Gasteiger partial charge in [0.1, 0.15) is 0 Å². The van der Waals surface area contributed by atoms with Crippen LogP contribution < -0.4 is 14.8 Å². The van der Waals surface area contributed by atoms with E-state index < -0.39 is 0 Å². The zero-order valence-electron chi connectivity index (χ0n) is 14.3. The van der Waals surface area contributed by atoms with Crippen molar-refractivity contribution < 1.29 is 14.3 Å². The van der Waals surface area contributed by atoms with E-state index in [2.05, 4.69) is 19.2 Å². The fourth-order valence-corrected chi connectivity index (χ4v) is 2.44. The first-order valence-electron chi connectivity index (χ1n) is 8.12. The first-order valence-corrected chi connectivity index (χ1v) is 8.12. The first kappa shape index (κ1) is 18.3. The van der Waals surface area contributed by atoms with Crippen LogP contribution in [-0.4, -0.2) is 26.7 Å². The van der Waals surface area contributed by atoms with Gasteiger partial charge < -0.3 is 14.8 Å². The number of benzene rings is 1. The SMILES string of the molecule is CCCC[C@@H](CC)CNC(=O)Cc1ccc(OC)c(OC)c1. The molecule has 0 heterocycles. The molecule has 1 aromatic carbocycles. The molecule has 1 atom stereocenters. The summed E-state index contributed by atoms with van der Waals surface area (Å²) < 4.78 is 10.5. The maximum atomic E-state index is 12.1. The summed E-state index contributed by atoms with van der Waals surface area (Å²) in [6.45, 7) is 5.14. The molecule has 0 aromatic heterocycles. The summed E-state index contributed by atoms with van der Waals surface area (Å²) in [5.41, 5.74) is 0.928. The van der Waals surface area contributed by atoms with E-state index in [1.807, 2.05) is 18.2 Å². The van der Waals surface area contributed by atoms with Crippen LogP contribution in [-0.2, 0) is 11.2 Å². The van der Waals surface area contributed by atoms with Gasteiger partial charge in [-0.05, 0) is 30.0 Å². The Morgan fingerprint density at radius 1 is 1.18 bits per heavy atom. The number of hydrogen-bond acceptors (Lipinski definition) is 3. The molecule has 4 heteroatoms. The van der Waals surface area contributed by atoms with Gasteiger partial charge in [-0.1, -0.05) is 39.2 Å². The molecule has 0 saturated carbocycles. The number of carbonyl (C=O) groups excluding carboxylic acids is 1. The molecule has 0 aliphatic rings. The normalized spacial score (nSPS) is 11.8. The van der Waals surface area contributed by atoms with E-state index in [9.17, 15) is 4.79 Å². The van der Waals surface area contributed by atoms with Gasteiger partial charge in [-0.25, -0.2) is 0 Å². The minimum atomic E-state index is 0.0576. The van der Waals surface area contributed by atoms with Crippen molar-refractivity contribution in [2.45, 2.75) is 46.0 Å². The van der Waals surface area contributed by atoms with E-state index in [0.29, 0.717) is 23.8 Å². The Morgan fingerprint density at radius 2 is 1.91 bits per heavy atom. The lowest BCUT2D eigenvalue weighted by molar-refractivity contribution is -0.120. The minimum absolute atomic E-state index is 0.0576. The molecule has 22 heavy (non-hydrogen) atoms. The van der Waals surface area contributed by atoms with Crippen molar-refractivity contribution in [3.05, 3.63) is 23.8 Å². The molecular weight excluding hydrogens is 278 g/mol. The first-order chi connectivity index (χ1) is 10.6. The monoisotopic (exact) mass is 307 g/mol. The lowest BCUT2D eigenvalue weighted by atomic mass is 9.99. The number of hydrogen-bond donors (Lipinski definition) is 1. The van der Waals surface area contributed by atoms with E-state index in [0.717, 1.165) is 18.5 Å². The quantitative estimate of drug-likeness (QED) is 0.719. The van der Waals surface area contributed by atoms with Crippen LogP contribution in [0.1, 0.15) is 45.1 Å². The maximum absolute atomic E-state index is 12.1. The van der Waals surface area contributed by atoms with Crippen molar-refractivity contribution in [2.24, 2.45) is 5.92 Å². The van der Waals surface area contributed by atoms with Crippen molar-refractivity contribution in [1.29, 1.82) is 0 Å². The van der Waals surface area contributed by atoms with Crippen LogP contribution in [0.15, 0.2) is 18.2 Å². The number of ether oxygens (including phenoxy) is 2. The molecule has 0 aliphatic carbocycles. The van der Waals surface area contributed by atoms with Gasteiger partial charge in [0, 0.05) is 6.54 Å². The molecule has 0 saturated heterocycles. The van der Waals surface area contributed by atoms with E-state index in [4.69, 9.17) is 9.47 Å². The molecule has 0 spiro atoms. The van der Waals surface area contributed by atoms with Crippen LogP contribution in [0.2, 0.25) is 0 Å². The minimum Gasteiger partial charge on any atom is -0.493 e. The Kier molecular flexibility index (Phi) is 8.41. The lowest BCUT2D eigenvalue weighted by Gasteiger charge is -2.15.